The number of hydrogen-bond acceptors (Lipinski definition) is 6. The summed E-state index contributed by atoms with van der Waals surface area (Å²) in [6.07, 6.45) is 1.65. The van der Waals surface area contributed by atoms with E-state index in [1.807, 2.05) is 0 Å². The molecule has 0 aliphatic heterocycles. The first-order valence-corrected chi connectivity index (χ1v) is 8.78. The Kier molecular flexibility index (Phi) is 6.20. The van der Waals surface area contributed by atoms with E-state index in [1.165, 1.54) is 18.2 Å². The quantitative estimate of drug-likeness (QED) is 0.462. The number of benzene rings is 2. The molecule has 2 aromatic carbocycles. The Hall–Kier alpha value is -3.72. The van der Waals surface area contributed by atoms with Gasteiger partial charge in [0.1, 0.15) is 5.75 Å². The van der Waals surface area contributed by atoms with E-state index < -0.39 is 10.8 Å². The fourth-order valence-corrected chi connectivity index (χ4v) is 2.82. The molecule has 0 aliphatic rings. The lowest BCUT2D eigenvalue weighted by Gasteiger charge is -2.11. The summed E-state index contributed by atoms with van der Waals surface area (Å²) in [5.41, 5.74) is 0.000296. The predicted octanol–water partition coefficient (Wildman–Crippen LogP) is 2.57. The van der Waals surface area contributed by atoms with Crippen LogP contribution in [0.2, 0.25) is 0 Å². The summed E-state index contributed by atoms with van der Waals surface area (Å²) >= 11 is 0. The number of fused-ring (bicyclic) bond motifs is 1. The van der Waals surface area contributed by atoms with Crippen molar-refractivity contribution in [3.8, 4) is 5.75 Å². The van der Waals surface area contributed by atoms with Crippen LogP contribution in [0.5, 0.6) is 5.75 Å². The van der Waals surface area contributed by atoms with Crippen molar-refractivity contribution in [2.45, 2.75) is 6.54 Å². The smallest absolute Gasteiger partial charge is 0.271 e. The lowest BCUT2D eigenvalue weighted by molar-refractivity contribution is -0.384. The molecule has 0 unspecified atom stereocenters. The monoisotopic (exact) mass is 397 g/mol. The molecule has 0 radical (unpaired) electrons. The molecule has 9 nitrogen and oxygen atoms in total. The number of pyridine rings is 1. The third-order valence-electron chi connectivity index (χ3n) is 4.21. The Morgan fingerprint density at radius 3 is 2.72 bits per heavy atom. The number of rotatable bonds is 8. The van der Waals surface area contributed by atoms with Crippen molar-refractivity contribution in [3.63, 3.8) is 0 Å². The molecule has 29 heavy (non-hydrogen) atoms. The Labute approximate surface area is 165 Å². The molecule has 1 N–H and O–H groups in total. The van der Waals surface area contributed by atoms with Gasteiger partial charge in [-0.15, -0.1) is 0 Å². The van der Waals surface area contributed by atoms with Gasteiger partial charge in [0.25, 0.3) is 17.2 Å². The minimum atomic E-state index is -0.540. The number of nitrogens with one attached hydrogen (secondary N) is 1. The number of amides is 1. The lowest BCUT2D eigenvalue weighted by Crippen LogP contribution is -2.22. The molecule has 0 spiro atoms. The van der Waals surface area contributed by atoms with Gasteiger partial charge in [-0.3, -0.25) is 19.7 Å². The molecule has 0 saturated carbocycles. The molecule has 0 fully saturated rings. The summed E-state index contributed by atoms with van der Waals surface area (Å²) in [6.45, 7) is 0.538. The van der Waals surface area contributed by atoms with E-state index in [0.717, 1.165) is 0 Å². The zero-order chi connectivity index (χ0) is 20.8. The number of methoxy groups -OCH3 is 1. The molecular weight excluding hydrogens is 378 g/mol. The Morgan fingerprint density at radius 1 is 1.17 bits per heavy atom. The number of carbonyl (C=O) groups excluding carboxylic acids is 1. The van der Waals surface area contributed by atoms with Crippen molar-refractivity contribution in [3.05, 3.63) is 75.2 Å². The van der Waals surface area contributed by atoms with Crippen LogP contribution >= 0.6 is 0 Å². The van der Waals surface area contributed by atoms with Gasteiger partial charge in [-0.1, -0.05) is 12.1 Å². The zero-order valence-corrected chi connectivity index (χ0v) is 15.7. The van der Waals surface area contributed by atoms with Crippen molar-refractivity contribution in [1.29, 1.82) is 0 Å². The van der Waals surface area contributed by atoms with E-state index in [4.69, 9.17) is 9.47 Å². The fraction of sp³-hybridized carbons (Fsp3) is 0.200. The molecule has 1 aromatic heterocycles. The largest absolute Gasteiger partial charge is 0.483 e. The number of aromatic nitrogens is 1. The standard InChI is InChI=1S/C20H19N3O6/c1-28-11-10-22-9-8-16-17(20(22)25)6-3-7-18(16)29-13-19(24)21-14-4-2-5-15(12-14)23(26)27/h2-9,12H,10-11,13H2,1H3,(H,21,24). The number of nitrogens with zero attached hydrogens (tertiary/aromatic N) is 2. The number of carbonyl (C=O) groups is 1. The average Bonchev–Trinajstić information content (AvgIpc) is 2.72. The molecule has 1 heterocycles. The van der Waals surface area contributed by atoms with E-state index >= 15 is 0 Å². The summed E-state index contributed by atoms with van der Waals surface area (Å²) in [5, 5.41) is 14.4. The minimum Gasteiger partial charge on any atom is -0.483 e. The second-order valence-electron chi connectivity index (χ2n) is 6.17. The Balaban J connectivity index is 1.72. The average molecular weight is 397 g/mol. The van der Waals surface area contributed by atoms with E-state index in [9.17, 15) is 19.7 Å². The summed E-state index contributed by atoms with van der Waals surface area (Å²) in [4.78, 5) is 35.0. The third kappa shape index (κ3) is 4.77. The number of ether oxygens (including phenoxy) is 2. The van der Waals surface area contributed by atoms with Gasteiger partial charge in [-0.25, -0.2) is 0 Å². The van der Waals surface area contributed by atoms with Crippen LogP contribution in [0.1, 0.15) is 0 Å². The van der Waals surface area contributed by atoms with E-state index in [1.54, 1.807) is 48.2 Å². The topological polar surface area (TPSA) is 113 Å². The molecule has 9 heteroatoms. The highest BCUT2D eigenvalue weighted by molar-refractivity contribution is 5.93. The predicted molar refractivity (Wildman–Crippen MR) is 107 cm³/mol. The first kappa shape index (κ1) is 20.0. The summed E-state index contributed by atoms with van der Waals surface area (Å²) < 4.78 is 12.1. The van der Waals surface area contributed by atoms with Crippen LogP contribution in [0, 0.1) is 10.1 Å². The molecule has 0 bridgehead atoms. The van der Waals surface area contributed by atoms with Gasteiger partial charge in [-0.2, -0.15) is 0 Å². The summed E-state index contributed by atoms with van der Waals surface area (Å²) in [7, 11) is 1.57. The molecule has 3 rings (SSSR count). The number of nitro benzene ring substituents is 1. The molecule has 0 saturated heterocycles. The van der Waals surface area contributed by atoms with Crippen molar-refractivity contribution >= 4 is 28.1 Å². The maximum atomic E-state index is 12.6. The number of hydrogen-bond donors (Lipinski definition) is 1. The summed E-state index contributed by atoms with van der Waals surface area (Å²) in [6, 6.07) is 12.4. The Morgan fingerprint density at radius 2 is 1.97 bits per heavy atom. The number of nitro groups is 1. The molecule has 3 aromatic rings. The lowest BCUT2D eigenvalue weighted by atomic mass is 10.1. The van der Waals surface area contributed by atoms with Gasteiger partial charge in [0, 0.05) is 43.1 Å². The SMILES string of the molecule is COCCn1ccc2c(OCC(=O)Nc3cccc([N+](=O)[O-])c3)cccc2c1=O. The first-order valence-electron chi connectivity index (χ1n) is 8.78. The fourth-order valence-electron chi connectivity index (χ4n) is 2.82. The highest BCUT2D eigenvalue weighted by Gasteiger charge is 2.11. The van der Waals surface area contributed by atoms with Crippen molar-refractivity contribution in [2.24, 2.45) is 0 Å². The van der Waals surface area contributed by atoms with Crippen LogP contribution < -0.4 is 15.6 Å². The molecular formula is C20H19N3O6. The minimum absolute atomic E-state index is 0.123. The number of anilines is 1. The van der Waals surface area contributed by atoms with Crippen LogP contribution in [-0.4, -0.2) is 35.7 Å². The van der Waals surface area contributed by atoms with Crippen LogP contribution in [0.25, 0.3) is 10.8 Å². The molecule has 1 amide bonds. The van der Waals surface area contributed by atoms with Gasteiger partial charge < -0.3 is 19.4 Å². The zero-order valence-electron chi connectivity index (χ0n) is 15.7. The van der Waals surface area contributed by atoms with E-state index in [2.05, 4.69) is 5.32 Å². The van der Waals surface area contributed by atoms with Gasteiger partial charge in [0.2, 0.25) is 0 Å². The second-order valence-corrected chi connectivity index (χ2v) is 6.17. The van der Waals surface area contributed by atoms with E-state index in [-0.39, 0.29) is 17.9 Å². The van der Waals surface area contributed by atoms with Crippen LogP contribution in [-0.2, 0) is 16.1 Å². The van der Waals surface area contributed by atoms with Crippen molar-refractivity contribution in [2.75, 3.05) is 25.6 Å². The molecule has 0 atom stereocenters. The third-order valence-corrected chi connectivity index (χ3v) is 4.21. The van der Waals surface area contributed by atoms with E-state index in [0.29, 0.717) is 35.4 Å². The van der Waals surface area contributed by atoms with Gasteiger partial charge in [0.15, 0.2) is 6.61 Å². The summed E-state index contributed by atoms with van der Waals surface area (Å²) in [5.74, 6) is -0.0800. The molecule has 0 aliphatic carbocycles. The maximum Gasteiger partial charge on any atom is 0.271 e. The second kappa shape index (κ2) is 8.98. The van der Waals surface area contributed by atoms with Crippen LogP contribution in [0.4, 0.5) is 11.4 Å². The Bertz CT molecular complexity index is 1110. The highest BCUT2D eigenvalue weighted by atomic mass is 16.6. The maximum absolute atomic E-state index is 12.6. The normalized spacial score (nSPS) is 10.7. The van der Waals surface area contributed by atoms with Crippen LogP contribution in [0.3, 0.4) is 0 Å². The highest BCUT2D eigenvalue weighted by Crippen LogP contribution is 2.23. The van der Waals surface area contributed by atoms with Crippen molar-refractivity contribution < 1.29 is 19.2 Å². The van der Waals surface area contributed by atoms with Crippen LogP contribution in [0.15, 0.2) is 59.5 Å². The van der Waals surface area contributed by atoms with Gasteiger partial charge >= 0.3 is 0 Å². The number of non-ortho nitro benzene ring substituents is 1. The molecule has 150 valence electrons. The van der Waals surface area contributed by atoms with Gasteiger partial charge in [0.05, 0.1) is 16.9 Å². The first-order chi connectivity index (χ1) is 14.0. The van der Waals surface area contributed by atoms with Gasteiger partial charge in [-0.05, 0) is 24.3 Å². The van der Waals surface area contributed by atoms with Crippen molar-refractivity contribution in [1.82, 2.24) is 4.57 Å².